The molecule has 0 radical (unpaired) electrons. The van der Waals surface area contributed by atoms with Crippen LogP contribution in [0.4, 0.5) is 11.4 Å². The number of likely N-dealkylation sites (tertiary alicyclic amines) is 1. The molecule has 0 bridgehead atoms. The van der Waals surface area contributed by atoms with E-state index in [1.54, 1.807) is 12.1 Å². The summed E-state index contributed by atoms with van der Waals surface area (Å²) in [5, 5.41) is 2.87. The minimum Gasteiger partial charge on any atom is -0.397 e. The van der Waals surface area contributed by atoms with Crippen LogP contribution in [-0.4, -0.2) is 30.4 Å². The molecule has 4 heteroatoms. The zero-order chi connectivity index (χ0) is 19.8. The molecule has 28 heavy (non-hydrogen) atoms. The SMILES string of the molecule is CCCCCN1CCC(=Cc2ccc(C(=O)Nc3ccccc3N)cc2)CC1. The van der Waals surface area contributed by atoms with E-state index in [9.17, 15) is 4.79 Å². The summed E-state index contributed by atoms with van der Waals surface area (Å²) in [4.78, 5) is 15.0. The van der Waals surface area contributed by atoms with Crippen LogP contribution in [0.3, 0.4) is 0 Å². The molecule has 0 atom stereocenters. The maximum absolute atomic E-state index is 12.4. The van der Waals surface area contributed by atoms with Gasteiger partial charge in [-0.3, -0.25) is 4.79 Å². The first-order chi connectivity index (χ1) is 13.7. The van der Waals surface area contributed by atoms with Gasteiger partial charge in [0.2, 0.25) is 0 Å². The number of rotatable bonds is 7. The van der Waals surface area contributed by atoms with Gasteiger partial charge in [-0.25, -0.2) is 0 Å². The van der Waals surface area contributed by atoms with Crippen molar-refractivity contribution >= 4 is 23.4 Å². The number of amides is 1. The Hall–Kier alpha value is -2.59. The fourth-order valence-electron chi connectivity index (χ4n) is 3.57. The van der Waals surface area contributed by atoms with Crippen LogP contribution >= 0.6 is 0 Å². The summed E-state index contributed by atoms with van der Waals surface area (Å²) in [7, 11) is 0. The number of unbranched alkanes of at least 4 members (excludes halogenated alkanes) is 2. The third kappa shape index (κ3) is 5.70. The summed E-state index contributed by atoms with van der Waals surface area (Å²) in [6, 6.07) is 15.1. The first kappa shape index (κ1) is 20.2. The topological polar surface area (TPSA) is 58.4 Å². The number of hydrogen-bond donors (Lipinski definition) is 2. The fourth-order valence-corrected chi connectivity index (χ4v) is 3.57. The van der Waals surface area contributed by atoms with E-state index in [2.05, 4.69) is 23.2 Å². The average molecular weight is 378 g/mol. The number of carbonyl (C=O) groups is 1. The van der Waals surface area contributed by atoms with Gasteiger partial charge >= 0.3 is 0 Å². The Morgan fingerprint density at radius 2 is 1.79 bits per heavy atom. The van der Waals surface area contributed by atoms with E-state index >= 15 is 0 Å². The van der Waals surface area contributed by atoms with Crippen molar-refractivity contribution < 1.29 is 4.79 Å². The molecule has 1 aliphatic heterocycles. The molecule has 1 aliphatic rings. The van der Waals surface area contributed by atoms with Gasteiger partial charge in [0.25, 0.3) is 5.91 Å². The quantitative estimate of drug-likeness (QED) is 0.516. The Balaban J connectivity index is 1.54. The number of nitrogens with zero attached hydrogens (tertiary/aromatic N) is 1. The van der Waals surface area contributed by atoms with Crippen LogP contribution in [0.1, 0.15) is 54.9 Å². The molecular formula is C24H31N3O. The van der Waals surface area contributed by atoms with E-state index in [-0.39, 0.29) is 5.91 Å². The van der Waals surface area contributed by atoms with Crippen LogP contribution in [0.2, 0.25) is 0 Å². The van der Waals surface area contributed by atoms with Crippen LogP contribution in [0.15, 0.2) is 54.1 Å². The standard InChI is InChI=1S/C24H31N3O/c1-2-3-6-15-27-16-13-20(14-17-27)18-19-9-11-21(12-10-19)24(28)26-23-8-5-4-7-22(23)25/h4-5,7-12,18H,2-3,6,13-17,25H2,1H3,(H,26,28). The molecule has 3 N–H and O–H groups in total. The number of para-hydroxylation sites is 2. The number of anilines is 2. The van der Waals surface area contributed by atoms with Gasteiger partial charge in [0.05, 0.1) is 11.4 Å². The average Bonchev–Trinajstić information content (AvgIpc) is 2.72. The van der Waals surface area contributed by atoms with Crippen molar-refractivity contribution in [1.82, 2.24) is 4.90 Å². The Labute approximate surface area is 168 Å². The fraction of sp³-hybridized carbons (Fsp3) is 0.375. The molecule has 0 aromatic heterocycles. The second-order valence-corrected chi connectivity index (χ2v) is 7.51. The molecule has 148 valence electrons. The van der Waals surface area contributed by atoms with Crippen molar-refractivity contribution in [2.24, 2.45) is 0 Å². The maximum atomic E-state index is 12.4. The van der Waals surface area contributed by atoms with Gasteiger partial charge in [-0.15, -0.1) is 0 Å². The van der Waals surface area contributed by atoms with Crippen molar-refractivity contribution in [2.45, 2.75) is 39.0 Å². The van der Waals surface area contributed by atoms with Crippen LogP contribution in [0.5, 0.6) is 0 Å². The summed E-state index contributed by atoms with van der Waals surface area (Å²) in [5.41, 5.74) is 10.4. The van der Waals surface area contributed by atoms with Crippen LogP contribution in [0.25, 0.3) is 6.08 Å². The first-order valence-corrected chi connectivity index (χ1v) is 10.3. The number of nitrogens with two attached hydrogens (primary N) is 1. The van der Waals surface area contributed by atoms with Crippen LogP contribution < -0.4 is 11.1 Å². The summed E-state index contributed by atoms with van der Waals surface area (Å²) >= 11 is 0. The van der Waals surface area contributed by atoms with E-state index in [1.165, 1.54) is 31.4 Å². The van der Waals surface area contributed by atoms with Gasteiger partial charge in [-0.2, -0.15) is 0 Å². The molecule has 1 amide bonds. The lowest BCUT2D eigenvalue weighted by atomic mass is 10.00. The number of nitrogens with one attached hydrogen (secondary N) is 1. The largest absolute Gasteiger partial charge is 0.397 e. The zero-order valence-electron chi connectivity index (χ0n) is 16.8. The molecule has 3 rings (SSSR count). The van der Waals surface area contributed by atoms with E-state index in [0.717, 1.165) is 31.5 Å². The van der Waals surface area contributed by atoms with Gasteiger partial charge in [0.1, 0.15) is 0 Å². The highest BCUT2D eigenvalue weighted by atomic mass is 16.1. The lowest BCUT2D eigenvalue weighted by Crippen LogP contribution is -2.31. The highest BCUT2D eigenvalue weighted by Gasteiger charge is 2.13. The van der Waals surface area contributed by atoms with Gasteiger partial charge in [-0.1, -0.05) is 55.7 Å². The molecular weight excluding hydrogens is 346 g/mol. The molecule has 4 nitrogen and oxygen atoms in total. The molecule has 0 saturated carbocycles. The van der Waals surface area contributed by atoms with Crippen molar-refractivity contribution in [3.05, 3.63) is 65.2 Å². The van der Waals surface area contributed by atoms with Crippen molar-refractivity contribution in [3.63, 3.8) is 0 Å². The molecule has 0 aliphatic carbocycles. The van der Waals surface area contributed by atoms with Crippen LogP contribution in [-0.2, 0) is 0 Å². The lowest BCUT2D eigenvalue weighted by molar-refractivity contribution is 0.102. The summed E-state index contributed by atoms with van der Waals surface area (Å²) in [6.07, 6.45) is 8.49. The Morgan fingerprint density at radius 1 is 1.07 bits per heavy atom. The molecule has 0 spiro atoms. The molecule has 2 aromatic carbocycles. The second kappa shape index (κ2) is 10.1. The second-order valence-electron chi connectivity index (χ2n) is 7.51. The minimum absolute atomic E-state index is 0.141. The van der Waals surface area contributed by atoms with E-state index in [4.69, 9.17) is 5.73 Å². The molecule has 0 unspecified atom stereocenters. The maximum Gasteiger partial charge on any atom is 0.255 e. The highest BCUT2D eigenvalue weighted by molar-refractivity contribution is 6.05. The van der Waals surface area contributed by atoms with Gasteiger partial charge in [0, 0.05) is 18.7 Å². The number of benzene rings is 2. The normalized spacial score (nSPS) is 14.7. The molecule has 1 fully saturated rings. The minimum atomic E-state index is -0.141. The van der Waals surface area contributed by atoms with Gasteiger partial charge in [0.15, 0.2) is 0 Å². The Morgan fingerprint density at radius 3 is 2.46 bits per heavy atom. The smallest absolute Gasteiger partial charge is 0.255 e. The predicted molar refractivity (Wildman–Crippen MR) is 118 cm³/mol. The van der Waals surface area contributed by atoms with Gasteiger partial charge in [-0.05, 0) is 55.6 Å². The van der Waals surface area contributed by atoms with Crippen molar-refractivity contribution in [3.8, 4) is 0 Å². The Kier molecular flexibility index (Phi) is 7.26. The number of nitrogen functional groups attached to an aromatic ring is 1. The van der Waals surface area contributed by atoms with E-state index < -0.39 is 0 Å². The van der Waals surface area contributed by atoms with E-state index in [1.807, 2.05) is 36.4 Å². The predicted octanol–water partition coefficient (Wildman–Crippen LogP) is 5.19. The summed E-state index contributed by atoms with van der Waals surface area (Å²) < 4.78 is 0. The summed E-state index contributed by atoms with van der Waals surface area (Å²) in [5.74, 6) is -0.141. The third-order valence-electron chi connectivity index (χ3n) is 5.33. The Bertz CT molecular complexity index is 801. The van der Waals surface area contributed by atoms with E-state index in [0.29, 0.717) is 16.9 Å². The molecule has 2 aromatic rings. The molecule has 1 heterocycles. The molecule has 1 saturated heterocycles. The van der Waals surface area contributed by atoms with Crippen molar-refractivity contribution in [1.29, 1.82) is 0 Å². The van der Waals surface area contributed by atoms with Crippen molar-refractivity contribution in [2.75, 3.05) is 30.7 Å². The first-order valence-electron chi connectivity index (χ1n) is 10.3. The third-order valence-corrected chi connectivity index (χ3v) is 5.33. The van der Waals surface area contributed by atoms with Crippen LogP contribution in [0, 0.1) is 0 Å². The number of piperidine rings is 1. The number of hydrogen-bond acceptors (Lipinski definition) is 3. The lowest BCUT2D eigenvalue weighted by Gasteiger charge is -2.28. The summed E-state index contributed by atoms with van der Waals surface area (Å²) in [6.45, 7) is 5.81. The zero-order valence-corrected chi connectivity index (χ0v) is 16.8. The van der Waals surface area contributed by atoms with Gasteiger partial charge < -0.3 is 16.0 Å². The monoisotopic (exact) mass is 377 g/mol. The highest BCUT2D eigenvalue weighted by Crippen LogP contribution is 2.21. The number of carbonyl (C=O) groups excluding carboxylic acids is 1.